The second kappa shape index (κ2) is 7.42. The fraction of sp³-hybridized carbons (Fsp3) is 0.500. The van der Waals surface area contributed by atoms with Gasteiger partial charge in [-0.25, -0.2) is 13.1 Å². The Hall–Kier alpha value is -1.77. The van der Waals surface area contributed by atoms with Crippen molar-refractivity contribution in [1.82, 2.24) is 24.4 Å². The quantitative estimate of drug-likeness (QED) is 0.811. The Kier molecular flexibility index (Phi) is 5.27. The van der Waals surface area contributed by atoms with Crippen LogP contribution in [-0.4, -0.2) is 46.9 Å². The molecule has 0 saturated heterocycles. The van der Waals surface area contributed by atoms with E-state index < -0.39 is 10.0 Å². The predicted octanol–water partition coefficient (Wildman–Crippen LogP) is 1.16. The smallest absolute Gasteiger partial charge is 0.211 e. The number of rotatable bonds is 7. The van der Waals surface area contributed by atoms with Gasteiger partial charge in [0.1, 0.15) is 0 Å². The zero-order chi connectivity index (χ0) is 17.0. The number of fused-ring (bicyclic) bond motifs is 1. The molecule has 0 unspecified atom stereocenters. The fourth-order valence-electron chi connectivity index (χ4n) is 3.03. The summed E-state index contributed by atoms with van der Waals surface area (Å²) in [5.41, 5.74) is 2.39. The Morgan fingerprint density at radius 3 is 2.79 bits per heavy atom. The van der Waals surface area contributed by atoms with Crippen molar-refractivity contribution in [1.29, 1.82) is 0 Å². The lowest BCUT2D eigenvalue weighted by molar-refractivity contribution is 0.162. The highest BCUT2D eigenvalue weighted by molar-refractivity contribution is 7.89. The third kappa shape index (κ3) is 4.19. The highest BCUT2D eigenvalue weighted by atomic mass is 32.2. The van der Waals surface area contributed by atoms with Crippen molar-refractivity contribution in [2.75, 3.05) is 18.8 Å². The van der Waals surface area contributed by atoms with Crippen molar-refractivity contribution in [3.05, 3.63) is 48.0 Å². The fourth-order valence-corrected chi connectivity index (χ4v) is 3.66. The van der Waals surface area contributed by atoms with Gasteiger partial charge < -0.3 is 0 Å². The Bertz CT molecular complexity index is 760. The van der Waals surface area contributed by atoms with E-state index >= 15 is 0 Å². The van der Waals surface area contributed by atoms with Crippen LogP contribution < -0.4 is 4.72 Å². The molecule has 0 spiro atoms. The van der Waals surface area contributed by atoms with Crippen LogP contribution in [0.1, 0.15) is 30.6 Å². The van der Waals surface area contributed by atoms with Crippen molar-refractivity contribution >= 4 is 10.0 Å². The topological polar surface area (TPSA) is 80.1 Å². The molecule has 8 heteroatoms. The molecule has 0 saturated carbocycles. The van der Waals surface area contributed by atoms with Crippen LogP contribution in [0.25, 0.3) is 0 Å². The van der Waals surface area contributed by atoms with Crippen molar-refractivity contribution < 1.29 is 8.42 Å². The number of sulfonamides is 1. The van der Waals surface area contributed by atoms with Gasteiger partial charge in [0.05, 0.1) is 17.5 Å². The first-order valence-corrected chi connectivity index (χ1v) is 9.83. The molecule has 1 N–H and O–H groups in total. The van der Waals surface area contributed by atoms with Crippen LogP contribution in [0.2, 0.25) is 0 Å². The zero-order valence-electron chi connectivity index (χ0n) is 13.8. The van der Waals surface area contributed by atoms with Gasteiger partial charge in [0, 0.05) is 44.8 Å². The van der Waals surface area contributed by atoms with Crippen LogP contribution in [0.5, 0.6) is 0 Å². The molecule has 3 heterocycles. The van der Waals surface area contributed by atoms with E-state index in [0.717, 1.165) is 26.1 Å². The van der Waals surface area contributed by atoms with Gasteiger partial charge in [-0.05, 0) is 37.1 Å². The van der Waals surface area contributed by atoms with Gasteiger partial charge in [-0.15, -0.1) is 0 Å². The third-order valence-electron chi connectivity index (χ3n) is 4.29. The molecule has 0 bridgehead atoms. The van der Waals surface area contributed by atoms with E-state index in [4.69, 9.17) is 0 Å². The lowest BCUT2D eigenvalue weighted by Crippen LogP contribution is -2.39. The first-order chi connectivity index (χ1) is 11.6. The lowest BCUT2D eigenvalue weighted by Gasteiger charge is -2.34. The second-order valence-corrected chi connectivity index (χ2v) is 8.13. The van der Waals surface area contributed by atoms with Gasteiger partial charge in [0.2, 0.25) is 10.0 Å². The molecule has 1 atom stereocenters. The maximum atomic E-state index is 11.6. The standard InChI is InChI=1S/C16H23N5O2S/c1-2-24(22,23)19-10-6-16-13-20(11-14-3-7-17-8-4-14)12-15-5-9-18-21(15)16/h3-5,7-9,16,19H,2,6,10-13H2,1H3/t16-/m1/s1. The Morgan fingerprint density at radius 1 is 1.25 bits per heavy atom. The van der Waals surface area contributed by atoms with Gasteiger partial charge in [-0.1, -0.05) is 0 Å². The minimum atomic E-state index is -3.15. The summed E-state index contributed by atoms with van der Waals surface area (Å²) in [6, 6.07) is 6.25. The maximum absolute atomic E-state index is 11.6. The monoisotopic (exact) mass is 349 g/mol. The van der Waals surface area contributed by atoms with Crippen LogP contribution in [0.4, 0.5) is 0 Å². The third-order valence-corrected chi connectivity index (χ3v) is 5.69. The maximum Gasteiger partial charge on any atom is 0.211 e. The van der Waals surface area contributed by atoms with E-state index in [1.54, 1.807) is 19.3 Å². The molecular weight excluding hydrogens is 326 g/mol. The van der Waals surface area contributed by atoms with Crippen molar-refractivity contribution in [2.24, 2.45) is 0 Å². The average Bonchev–Trinajstić information content (AvgIpc) is 3.04. The molecule has 0 radical (unpaired) electrons. The molecule has 0 fully saturated rings. The molecule has 0 aromatic carbocycles. The number of hydrogen-bond acceptors (Lipinski definition) is 5. The van der Waals surface area contributed by atoms with E-state index in [0.29, 0.717) is 6.54 Å². The summed E-state index contributed by atoms with van der Waals surface area (Å²) in [4.78, 5) is 6.42. The minimum absolute atomic E-state index is 0.110. The lowest BCUT2D eigenvalue weighted by atomic mass is 10.1. The van der Waals surface area contributed by atoms with E-state index in [9.17, 15) is 8.42 Å². The second-order valence-electron chi connectivity index (χ2n) is 6.03. The first-order valence-electron chi connectivity index (χ1n) is 8.18. The van der Waals surface area contributed by atoms with Crippen molar-refractivity contribution in [3.8, 4) is 0 Å². The Morgan fingerprint density at radius 2 is 2.04 bits per heavy atom. The molecule has 130 valence electrons. The first kappa shape index (κ1) is 17.1. The molecule has 0 aliphatic carbocycles. The van der Waals surface area contributed by atoms with Crippen molar-refractivity contribution in [3.63, 3.8) is 0 Å². The zero-order valence-corrected chi connectivity index (χ0v) is 14.6. The van der Waals surface area contributed by atoms with Gasteiger partial charge in [0.25, 0.3) is 0 Å². The van der Waals surface area contributed by atoms with E-state index in [1.807, 2.05) is 29.1 Å². The van der Waals surface area contributed by atoms with Gasteiger partial charge in [0.15, 0.2) is 0 Å². The Balaban J connectivity index is 1.65. The highest BCUT2D eigenvalue weighted by Crippen LogP contribution is 2.24. The van der Waals surface area contributed by atoms with Gasteiger partial charge in [-0.2, -0.15) is 5.10 Å². The molecule has 7 nitrogen and oxygen atoms in total. The summed E-state index contributed by atoms with van der Waals surface area (Å²) in [5, 5.41) is 4.42. The normalized spacial score (nSPS) is 18.5. The van der Waals surface area contributed by atoms with E-state index in [1.165, 1.54) is 11.3 Å². The summed E-state index contributed by atoms with van der Waals surface area (Å²) in [6.45, 7) is 4.63. The molecule has 2 aromatic rings. The van der Waals surface area contributed by atoms with Gasteiger partial charge in [-0.3, -0.25) is 14.6 Å². The number of pyridine rings is 1. The highest BCUT2D eigenvalue weighted by Gasteiger charge is 2.25. The SMILES string of the molecule is CCS(=O)(=O)NCC[C@@H]1CN(Cc2ccncc2)Cc2ccnn21. The number of nitrogens with one attached hydrogen (secondary N) is 1. The molecule has 1 aliphatic heterocycles. The molecule has 3 rings (SSSR count). The van der Waals surface area contributed by atoms with Crippen LogP contribution in [0.15, 0.2) is 36.8 Å². The minimum Gasteiger partial charge on any atom is -0.291 e. The number of hydrogen-bond donors (Lipinski definition) is 1. The van der Waals surface area contributed by atoms with Gasteiger partial charge >= 0.3 is 0 Å². The van der Waals surface area contributed by atoms with E-state index in [-0.39, 0.29) is 11.8 Å². The molecule has 2 aromatic heterocycles. The van der Waals surface area contributed by atoms with Crippen LogP contribution >= 0.6 is 0 Å². The van der Waals surface area contributed by atoms with Crippen LogP contribution in [-0.2, 0) is 23.1 Å². The molecule has 0 amide bonds. The van der Waals surface area contributed by atoms with Crippen LogP contribution in [0.3, 0.4) is 0 Å². The summed E-state index contributed by atoms with van der Waals surface area (Å²) in [6.07, 6.45) is 6.15. The largest absolute Gasteiger partial charge is 0.291 e. The average molecular weight is 349 g/mol. The molecule has 1 aliphatic rings. The summed E-state index contributed by atoms with van der Waals surface area (Å²) >= 11 is 0. The van der Waals surface area contributed by atoms with E-state index in [2.05, 4.69) is 19.7 Å². The molecule has 24 heavy (non-hydrogen) atoms. The molecular formula is C16H23N5O2S. The number of aromatic nitrogens is 3. The van der Waals surface area contributed by atoms with Crippen molar-refractivity contribution in [2.45, 2.75) is 32.5 Å². The predicted molar refractivity (Wildman–Crippen MR) is 91.7 cm³/mol. The van der Waals surface area contributed by atoms with Crippen LogP contribution in [0, 0.1) is 0 Å². The Labute approximate surface area is 142 Å². The number of nitrogens with zero attached hydrogens (tertiary/aromatic N) is 4. The summed E-state index contributed by atoms with van der Waals surface area (Å²) in [5.74, 6) is 0.110. The summed E-state index contributed by atoms with van der Waals surface area (Å²) < 4.78 is 27.9. The summed E-state index contributed by atoms with van der Waals surface area (Å²) in [7, 11) is -3.15.